The molecule has 1 N–H and O–H groups in total. The van der Waals surface area contributed by atoms with Gasteiger partial charge in [-0.25, -0.2) is 0 Å². The topological polar surface area (TPSA) is 65.4 Å². The molecule has 23 heavy (non-hydrogen) atoms. The average molecular weight is 302 g/mol. The molecule has 0 fully saturated rings. The Morgan fingerprint density at radius 3 is 2.61 bits per heavy atom. The fraction of sp³-hybridized carbons (Fsp3) is 0.211. The van der Waals surface area contributed by atoms with E-state index in [-0.39, 0.29) is 0 Å². The number of nitrogens with one attached hydrogen (secondary N) is 1. The van der Waals surface area contributed by atoms with Crippen LogP contribution >= 0.6 is 0 Å². The number of nitrogens with zero attached hydrogens (tertiary/aromatic N) is 3. The second-order valence-corrected chi connectivity index (χ2v) is 5.97. The highest BCUT2D eigenvalue weighted by molar-refractivity contribution is 5.70. The highest BCUT2D eigenvalue weighted by Crippen LogP contribution is 2.28. The number of H-pyrrole nitrogens is 1. The molecule has 0 bridgehead atoms. The molecule has 4 heteroatoms. The van der Waals surface area contributed by atoms with Crippen LogP contribution in [0.5, 0.6) is 0 Å². The zero-order valence-corrected chi connectivity index (χ0v) is 13.2. The van der Waals surface area contributed by atoms with Gasteiger partial charge in [-0.2, -0.15) is 10.4 Å². The van der Waals surface area contributed by atoms with E-state index < -0.39 is 0 Å². The second kappa shape index (κ2) is 6.45. The molecule has 114 valence electrons. The van der Waals surface area contributed by atoms with Crippen LogP contribution in [0.15, 0.2) is 48.7 Å². The van der Waals surface area contributed by atoms with E-state index in [4.69, 9.17) is 5.26 Å². The Kier molecular flexibility index (Phi) is 4.20. The molecule has 0 aliphatic carbocycles. The van der Waals surface area contributed by atoms with Gasteiger partial charge in [-0.1, -0.05) is 44.2 Å². The van der Waals surface area contributed by atoms with Gasteiger partial charge in [0.2, 0.25) is 0 Å². The number of nitriles is 1. The number of aromatic amines is 1. The number of hydrogen-bond donors (Lipinski definition) is 1. The van der Waals surface area contributed by atoms with Gasteiger partial charge in [0.1, 0.15) is 6.07 Å². The highest BCUT2D eigenvalue weighted by atomic mass is 15.1. The molecule has 3 aromatic rings. The maximum Gasteiger partial charge on any atom is 0.162 e. The van der Waals surface area contributed by atoms with E-state index in [9.17, 15) is 0 Å². The lowest BCUT2D eigenvalue weighted by Gasteiger charge is -2.13. The minimum atomic E-state index is 0.374. The third-order valence-corrected chi connectivity index (χ3v) is 3.67. The van der Waals surface area contributed by atoms with Crippen LogP contribution in [0.1, 0.15) is 25.1 Å². The first-order valence-corrected chi connectivity index (χ1v) is 7.67. The maximum absolute atomic E-state index is 8.91. The van der Waals surface area contributed by atoms with Crippen LogP contribution in [-0.2, 0) is 6.42 Å². The summed E-state index contributed by atoms with van der Waals surface area (Å²) < 4.78 is 0. The monoisotopic (exact) mass is 302 g/mol. The largest absolute Gasteiger partial charge is 0.275 e. The SMILES string of the molecule is CC(C)Cc1cc(-c2cc(C#N)n[nH]2)ncc1-c1ccccc1. The van der Waals surface area contributed by atoms with E-state index >= 15 is 0 Å². The van der Waals surface area contributed by atoms with Gasteiger partial charge in [0, 0.05) is 17.8 Å². The molecule has 0 aliphatic rings. The Balaban J connectivity index is 2.07. The van der Waals surface area contributed by atoms with Gasteiger partial charge in [0.05, 0.1) is 11.4 Å². The summed E-state index contributed by atoms with van der Waals surface area (Å²) in [5, 5.41) is 15.7. The Morgan fingerprint density at radius 2 is 1.96 bits per heavy atom. The van der Waals surface area contributed by atoms with Crippen molar-refractivity contribution in [2.45, 2.75) is 20.3 Å². The summed E-state index contributed by atoms with van der Waals surface area (Å²) >= 11 is 0. The maximum atomic E-state index is 8.91. The van der Waals surface area contributed by atoms with Gasteiger partial charge < -0.3 is 0 Å². The van der Waals surface area contributed by atoms with Crippen molar-refractivity contribution < 1.29 is 0 Å². The average Bonchev–Trinajstić information content (AvgIpc) is 3.04. The Labute approximate surface area is 135 Å². The third kappa shape index (κ3) is 3.29. The lowest BCUT2D eigenvalue weighted by atomic mass is 9.94. The number of aromatic nitrogens is 3. The fourth-order valence-corrected chi connectivity index (χ4v) is 2.64. The van der Waals surface area contributed by atoms with E-state index in [0.717, 1.165) is 23.4 Å². The van der Waals surface area contributed by atoms with Crippen LogP contribution in [0.25, 0.3) is 22.5 Å². The van der Waals surface area contributed by atoms with E-state index in [0.29, 0.717) is 11.6 Å². The minimum absolute atomic E-state index is 0.374. The molecule has 0 aliphatic heterocycles. The molecule has 0 saturated carbocycles. The molecule has 2 heterocycles. The first-order chi connectivity index (χ1) is 11.2. The molecule has 0 saturated heterocycles. The first-order valence-electron chi connectivity index (χ1n) is 7.67. The van der Waals surface area contributed by atoms with Crippen molar-refractivity contribution in [3.05, 3.63) is 59.9 Å². The van der Waals surface area contributed by atoms with Gasteiger partial charge in [-0.05, 0) is 29.5 Å². The smallest absolute Gasteiger partial charge is 0.162 e. The van der Waals surface area contributed by atoms with Crippen molar-refractivity contribution >= 4 is 0 Å². The van der Waals surface area contributed by atoms with Gasteiger partial charge in [0.25, 0.3) is 0 Å². The van der Waals surface area contributed by atoms with Gasteiger partial charge >= 0.3 is 0 Å². The fourth-order valence-electron chi connectivity index (χ4n) is 2.64. The summed E-state index contributed by atoms with van der Waals surface area (Å²) in [4.78, 5) is 4.56. The highest BCUT2D eigenvalue weighted by Gasteiger charge is 2.12. The van der Waals surface area contributed by atoms with Crippen LogP contribution in [0.4, 0.5) is 0 Å². The Bertz CT molecular complexity index is 841. The first kappa shape index (κ1) is 15.0. The Morgan fingerprint density at radius 1 is 1.17 bits per heavy atom. The predicted molar refractivity (Wildman–Crippen MR) is 90.5 cm³/mol. The van der Waals surface area contributed by atoms with Crippen molar-refractivity contribution in [1.29, 1.82) is 5.26 Å². The molecule has 3 rings (SSSR count). The van der Waals surface area contributed by atoms with E-state index in [1.165, 1.54) is 11.1 Å². The van der Waals surface area contributed by atoms with Gasteiger partial charge in [-0.15, -0.1) is 0 Å². The standard InChI is InChI=1S/C19H18N4/c1-13(2)8-15-9-18(19-10-16(11-20)22-23-19)21-12-17(15)14-6-4-3-5-7-14/h3-7,9-10,12-13H,8H2,1-2H3,(H,22,23). The van der Waals surface area contributed by atoms with E-state index in [1.54, 1.807) is 6.07 Å². The lowest BCUT2D eigenvalue weighted by Crippen LogP contribution is -1.99. The molecular formula is C19H18N4. The summed E-state index contributed by atoms with van der Waals surface area (Å²) in [7, 11) is 0. The second-order valence-electron chi connectivity index (χ2n) is 5.97. The molecule has 1 aromatic carbocycles. The van der Waals surface area contributed by atoms with Gasteiger partial charge in [-0.3, -0.25) is 10.1 Å². The van der Waals surface area contributed by atoms with Crippen molar-refractivity contribution in [1.82, 2.24) is 15.2 Å². The Hall–Kier alpha value is -2.93. The summed E-state index contributed by atoms with van der Waals surface area (Å²) in [6, 6.07) is 16.1. The van der Waals surface area contributed by atoms with Gasteiger partial charge in [0.15, 0.2) is 5.69 Å². The van der Waals surface area contributed by atoms with Crippen molar-refractivity contribution in [2.75, 3.05) is 0 Å². The predicted octanol–water partition coefficient (Wildman–Crippen LogP) is 4.21. The van der Waals surface area contributed by atoms with E-state index in [2.05, 4.69) is 47.2 Å². The number of benzene rings is 1. The van der Waals surface area contributed by atoms with Crippen LogP contribution in [0.2, 0.25) is 0 Å². The summed E-state index contributed by atoms with van der Waals surface area (Å²) in [5.74, 6) is 0.546. The van der Waals surface area contributed by atoms with Crippen molar-refractivity contribution in [2.24, 2.45) is 5.92 Å². The molecule has 0 amide bonds. The van der Waals surface area contributed by atoms with Crippen LogP contribution in [0.3, 0.4) is 0 Å². The zero-order chi connectivity index (χ0) is 16.2. The molecule has 0 spiro atoms. The minimum Gasteiger partial charge on any atom is -0.275 e. The van der Waals surface area contributed by atoms with Crippen molar-refractivity contribution in [3.63, 3.8) is 0 Å². The molecular weight excluding hydrogens is 284 g/mol. The molecule has 2 aromatic heterocycles. The molecule has 0 atom stereocenters. The third-order valence-electron chi connectivity index (χ3n) is 3.67. The van der Waals surface area contributed by atoms with Crippen LogP contribution < -0.4 is 0 Å². The number of hydrogen-bond acceptors (Lipinski definition) is 3. The molecule has 0 unspecified atom stereocenters. The van der Waals surface area contributed by atoms with Crippen LogP contribution in [0, 0.1) is 17.2 Å². The molecule has 0 radical (unpaired) electrons. The summed E-state index contributed by atoms with van der Waals surface area (Å²) in [6.45, 7) is 4.41. The quantitative estimate of drug-likeness (QED) is 0.785. The number of pyridine rings is 1. The normalized spacial score (nSPS) is 10.7. The van der Waals surface area contributed by atoms with Crippen LogP contribution in [-0.4, -0.2) is 15.2 Å². The van der Waals surface area contributed by atoms with Crippen molar-refractivity contribution in [3.8, 4) is 28.6 Å². The van der Waals surface area contributed by atoms with E-state index in [1.807, 2.05) is 30.5 Å². The lowest BCUT2D eigenvalue weighted by molar-refractivity contribution is 0.648. The summed E-state index contributed by atoms with van der Waals surface area (Å²) in [6.07, 6.45) is 2.88. The zero-order valence-electron chi connectivity index (χ0n) is 13.2. The molecule has 4 nitrogen and oxygen atoms in total. The summed E-state index contributed by atoms with van der Waals surface area (Å²) in [5.41, 5.74) is 5.54. The number of rotatable bonds is 4.